The lowest BCUT2D eigenvalue weighted by atomic mass is 10.1. The summed E-state index contributed by atoms with van der Waals surface area (Å²) in [6, 6.07) is 15.3. The summed E-state index contributed by atoms with van der Waals surface area (Å²) in [5, 5.41) is 2.07. The molecule has 0 fully saturated rings. The minimum Gasteiger partial charge on any atom is -0.465 e. The smallest absolute Gasteiger partial charge is 0.338 e. The Balaban J connectivity index is 1.64. The van der Waals surface area contributed by atoms with Crippen LogP contribution in [0.5, 0.6) is 0 Å². The molecular formula is C21H22O4. The van der Waals surface area contributed by atoms with Crippen molar-refractivity contribution in [3.05, 3.63) is 71.7 Å². The molecule has 0 bridgehead atoms. The maximum Gasteiger partial charge on any atom is 0.338 e. The minimum atomic E-state index is -0.320. The van der Waals surface area contributed by atoms with Crippen molar-refractivity contribution in [3.8, 4) is 0 Å². The van der Waals surface area contributed by atoms with Crippen LogP contribution in [0.4, 0.5) is 0 Å². The van der Waals surface area contributed by atoms with E-state index in [1.54, 1.807) is 18.4 Å². The Labute approximate surface area is 147 Å². The van der Waals surface area contributed by atoms with Crippen molar-refractivity contribution in [2.45, 2.75) is 26.4 Å². The molecule has 1 heterocycles. The molecule has 3 rings (SSSR count). The first-order chi connectivity index (χ1) is 12.2. The number of ether oxygens (including phenoxy) is 2. The van der Waals surface area contributed by atoms with Crippen LogP contribution in [0.3, 0.4) is 0 Å². The summed E-state index contributed by atoms with van der Waals surface area (Å²) in [6.45, 7) is 4.75. The number of fused-ring (bicyclic) bond motifs is 1. The lowest BCUT2D eigenvalue weighted by Crippen LogP contribution is -2.11. The standard InChI is InChI=1S/C21H22O4/c1-3-23-19(20-18-7-5-4-6-17(18)14-25-20)12-13-24-21(22)16-10-8-15(2)9-11-16/h4-11,14,19H,3,12-13H2,1-2H3. The fourth-order valence-corrected chi connectivity index (χ4v) is 2.79. The van der Waals surface area contributed by atoms with E-state index in [1.165, 1.54) is 0 Å². The molecule has 4 heteroatoms. The van der Waals surface area contributed by atoms with Gasteiger partial charge in [0.05, 0.1) is 18.4 Å². The van der Waals surface area contributed by atoms with E-state index < -0.39 is 0 Å². The third kappa shape index (κ3) is 4.09. The quantitative estimate of drug-likeness (QED) is 0.565. The Bertz CT molecular complexity index is 832. The van der Waals surface area contributed by atoms with Crippen LogP contribution in [-0.2, 0) is 9.47 Å². The Kier molecular flexibility index (Phi) is 5.51. The number of carbonyl (C=O) groups is 1. The highest BCUT2D eigenvalue weighted by molar-refractivity contribution is 5.89. The normalized spacial score (nSPS) is 12.2. The number of benzene rings is 2. The Morgan fingerprint density at radius 1 is 1.12 bits per heavy atom. The first kappa shape index (κ1) is 17.2. The van der Waals surface area contributed by atoms with Gasteiger partial charge in [-0.05, 0) is 26.0 Å². The summed E-state index contributed by atoms with van der Waals surface area (Å²) in [7, 11) is 0. The summed E-state index contributed by atoms with van der Waals surface area (Å²) in [4.78, 5) is 12.1. The highest BCUT2D eigenvalue weighted by Gasteiger charge is 2.19. The van der Waals surface area contributed by atoms with Crippen LogP contribution in [0.1, 0.15) is 41.1 Å². The predicted octanol–water partition coefficient (Wildman–Crippen LogP) is 5.07. The lowest BCUT2D eigenvalue weighted by Gasteiger charge is -2.15. The molecule has 0 aliphatic rings. The van der Waals surface area contributed by atoms with Gasteiger partial charge in [-0.3, -0.25) is 0 Å². The second-order valence-electron chi connectivity index (χ2n) is 5.92. The summed E-state index contributed by atoms with van der Waals surface area (Å²) < 4.78 is 16.9. The van der Waals surface area contributed by atoms with Gasteiger partial charge in [-0.1, -0.05) is 42.0 Å². The maximum atomic E-state index is 12.1. The van der Waals surface area contributed by atoms with Gasteiger partial charge in [-0.15, -0.1) is 0 Å². The molecule has 1 aromatic heterocycles. The van der Waals surface area contributed by atoms with Gasteiger partial charge in [-0.25, -0.2) is 4.79 Å². The highest BCUT2D eigenvalue weighted by Crippen LogP contribution is 2.30. The summed E-state index contributed by atoms with van der Waals surface area (Å²) in [6.07, 6.45) is 2.04. The fourth-order valence-electron chi connectivity index (χ4n) is 2.79. The molecule has 1 atom stereocenters. The van der Waals surface area contributed by atoms with Crippen LogP contribution in [0.15, 0.2) is 59.2 Å². The van der Waals surface area contributed by atoms with Crippen LogP contribution < -0.4 is 0 Å². The van der Waals surface area contributed by atoms with Gasteiger partial charge in [0.1, 0.15) is 11.9 Å². The van der Waals surface area contributed by atoms with Crippen LogP contribution in [0, 0.1) is 6.92 Å². The molecule has 1 unspecified atom stereocenters. The summed E-state index contributed by atoms with van der Waals surface area (Å²) >= 11 is 0. The largest absolute Gasteiger partial charge is 0.465 e. The highest BCUT2D eigenvalue weighted by atomic mass is 16.5. The van der Waals surface area contributed by atoms with E-state index in [9.17, 15) is 4.79 Å². The molecule has 0 radical (unpaired) electrons. The molecule has 0 saturated carbocycles. The topological polar surface area (TPSA) is 48.7 Å². The molecule has 0 amide bonds. The van der Waals surface area contributed by atoms with E-state index in [0.717, 1.165) is 22.1 Å². The number of aryl methyl sites for hydroxylation is 1. The van der Waals surface area contributed by atoms with E-state index in [-0.39, 0.29) is 18.7 Å². The predicted molar refractivity (Wildman–Crippen MR) is 96.7 cm³/mol. The molecule has 130 valence electrons. The van der Waals surface area contributed by atoms with Gasteiger partial charge in [0, 0.05) is 23.8 Å². The van der Waals surface area contributed by atoms with E-state index in [4.69, 9.17) is 13.9 Å². The van der Waals surface area contributed by atoms with Gasteiger partial charge >= 0.3 is 5.97 Å². The Morgan fingerprint density at radius 2 is 1.88 bits per heavy atom. The van der Waals surface area contributed by atoms with E-state index in [2.05, 4.69) is 0 Å². The number of rotatable bonds is 7. The molecule has 0 saturated heterocycles. The summed E-state index contributed by atoms with van der Waals surface area (Å²) in [5.41, 5.74) is 1.67. The molecule has 3 aromatic rings. The van der Waals surface area contributed by atoms with Crippen molar-refractivity contribution in [3.63, 3.8) is 0 Å². The number of esters is 1. The molecule has 0 aliphatic heterocycles. The molecule has 4 nitrogen and oxygen atoms in total. The number of hydrogen-bond acceptors (Lipinski definition) is 4. The zero-order valence-corrected chi connectivity index (χ0v) is 14.5. The average Bonchev–Trinajstić information content (AvgIpc) is 3.05. The van der Waals surface area contributed by atoms with E-state index in [1.807, 2.05) is 50.2 Å². The van der Waals surface area contributed by atoms with Gasteiger partial charge in [-0.2, -0.15) is 0 Å². The monoisotopic (exact) mass is 338 g/mol. The lowest BCUT2D eigenvalue weighted by molar-refractivity contribution is 0.0157. The Morgan fingerprint density at radius 3 is 2.64 bits per heavy atom. The SMILES string of the molecule is CCOC(CCOC(=O)c1ccc(C)cc1)c1occ2ccccc12. The number of carbonyl (C=O) groups excluding carboxylic acids is 1. The van der Waals surface area contributed by atoms with Gasteiger partial charge in [0.15, 0.2) is 0 Å². The zero-order chi connectivity index (χ0) is 17.6. The van der Waals surface area contributed by atoms with Gasteiger partial charge in [0.25, 0.3) is 0 Å². The molecule has 0 aliphatic carbocycles. The van der Waals surface area contributed by atoms with Crippen molar-refractivity contribution in [1.29, 1.82) is 0 Å². The van der Waals surface area contributed by atoms with Crippen molar-refractivity contribution in [2.24, 2.45) is 0 Å². The molecule has 0 N–H and O–H groups in total. The Hall–Kier alpha value is -2.59. The van der Waals surface area contributed by atoms with Gasteiger partial charge < -0.3 is 13.9 Å². The van der Waals surface area contributed by atoms with Crippen LogP contribution in [0.25, 0.3) is 10.8 Å². The van der Waals surface area contributed by atoms with Gasteiger partial charge in [0.2, 0.25) is 0 Å². The number of hydrogen-bond donors (Lipinski definition) is 0. The van der Waals surface area contributed by atoms with Crippen molar-refractivity contribution in [1.82, 2.24) is 0 Å². The minimum absolute atomic E-state index is 0.240. The zero-order valence-electron chi connectivity index (χ0n) is 14.5. The third-order valence-electron chi connectivity index (χ3n) is 4.10. The molecule has 2 aromatic carbocycles. The van der Waals surface area contributed by atoms with Crippen LogP contribution in [-0.4, -0.2) is 19.2 Å². The van der Waals surface area contributed by atoms with Crippen LogP contribution in [0.2, 0.25) is 0 Å². The molecule has 25 heavy (non-hydrogen) atoms. The molecule has 0 spiro atoms. The van der Waals surface area contributed by atoms with Crippen molar-refractivity contribution >= 4 is 16.7 Å². The first-order valence-electron chi connectivity index (χ1n) is 8.50. The number of furan rings is 1. The summed E-state index contributed by atoms with van der Waals surface area (Å²) in [5.74, 6) is 0.461. The fraction of sp³-hybridized carbons (Fsp3) is 0.286. The van der Waals surface area contributed by atoms with Crippen molar-refractivity contribution < 1.29 is 18.7 Å². The van der Waals surface area contributed by atoms with Crippen LogP contribution >= 0.6 is 0 Å². The second-order valence-corrected chi connectivity index (χ2v) is 5.92. The van der Waals surface area contributed by atoms with E-state index >= 15 is 0 Å². The maximum absolute atomic E-state index is 12.1. The first-order valence-corrected chi connectivity index (χ1v) is 8.50. The second kappa shape index (κ2) is 7.99. The van der Waals surface area contributed by atoms with Crippen molar-refractivity contribution in [2.75, 3.05) is 13.2 Å². The average molecular weight is 338 g/mol. The molecular weight excluding hydrogens is 316 g/mol. The third-order valence-corrected chi connectivity index (χ3v) is 4.10. The van der Waals surface area contributed by atoms with E-state index in [0.29, 0.717) is 18.6 Å².